The number of benzene rings is 1. The van der Waals surface area contributed by atoms with Gasteiger partial charge >= 0.3 is 0 Å². The normalized spacial score (nSPS) is 10.4. The van der Waals surface area contributed by atoms with Crippen molar-refractivity contribution in [3.05, 3.63) is 41.7 Å². The summed E-state index contributed by atoms with van der Waals surface area (Å²) in [6.07, 6.45) is 1.91. The van der Waals surface area contributed by atoms with Gasteiger partial charge in [0.2, 0.25) is 0 Å². The average Bonchev–Trinajstić information content (AvgIpc) is 2.78. The topological polar surface area (TPSA) is 54.5 Å². The van der Waals surface area contributed by atoms with Gasteiger partial charge in [-0.2, -0.15) is 5.26 Å². The summed E-state index contributed by atoms with van der Waals surface area (Å²) in [5, 5.41) is 16.8. The fraction of sp³-hybridized carbons (Fsp3) is 0.250. The Morgan fingerprint density at radius 3 is 2.44 bits per heavy atom. The second kappa shape index (κ2) is 4.15. The van der Waals surface area contributed by atoms with Crippen molar-refractivity contribution in [3.63, 3.8) is 0 Å². The van der Waals surface area contributed by atoms with Gasteiger partial charge in [-0.1, -0.05) is 19.1 Å². The van der Waals surface area contributed by atoms with Crippen molar-refractivity contribution in [3.8, 4) is 11.8 Å². The molecule has 0 spiro atoms. The number of rotatable bonds is 2. The first-order valence-corrected chi connectivity index (χ1v) is 5.13. The Morgan fingerprint density at radius 1 is 1.25 bits per heavy atom. The van der Waals surface area contributed by atoms with Crippen LogP contribution >= 0.6 is 0 Å². The standard InChI is InChI=1S/C12H12N4/c1-9(2)12-8-16(15-14-12)11-5-3-10(7-13)4-6-11/h3-6,8-9H,1-2H3. The van der Waals surface area contributed by atoms with Gasteiger partial charge in [-0.05, 0) is 30.2 Å². The number of hydrogen-bond donors (Lipinski definition) is 0. The molecule has 0 amide bonds. The highest BCUT2D eigenvalue weighted by Crippen LogP contribution is 2.13. The number of nitriles is 1. The van der Waals surface area contributed by atoms with Gasteiger partial charge in [0.25, 0.3) is 0 Å². The van der Waals surface area contributed by atoms with Gasteiger partial charge in [-0.25, -0.2) is 4.68 Å². The van der Waals surface area contributed by atoms with Gasteiger partial charge in [0.1, 0.15) is 0 Å². The van der Waals surface area contributed by atoms with Crippen molar-refractivity contribution in [1.82, 2.24) is 15.0 Å². The fourth-order valence-electron chi connectivity index (χ4n) is 1.36. The highest BCUT2D eigenvalue weighted by atomic mass is 15.4. The lowest BCUT2D eigenvalue weighted by atomic mass is 10.1. The maximum absolute atomic E-state index is 8.69. The third-order valence-electron chi connectivity index (χ3n) is 2.36. The molecular formula is C12H12N4. The fourth-order valence-corrected chi connectivity index (χ4v) is 1.36. The minimum absolute atomic E-state index is 0.368. The van der Waals surface area contributed by atoms with Crippen LogP contribution in [-0.4, -0.2) is 15.0 Å². The van der Waals surface area contributed by atoms with Crippen LogP contribution in [0.25, 0.3) is 5.69 Å². The number of hydrogen-bond acceptors (Lipinski definition) is 3. The molecule has 2 rings (SSSR count). The monoisotopic (exact) mass is 212 g/mol. The van der Waals surface area contributed by atoms with Crippen molar-refractivity contribution >= 4 is 0 Å². The lowest BCUT2D eigenvalue weighted by Gasteiger charge is -1.99. The van der Waals surface area contributed by atoms with E-state index in [4.69, 9.17) is 5.26 Å². The summed E-state index contributed by atoms with van der Waals surface area (Å²) in [6.45, 7) is 4.15. The maximum atomic E-state index is 8.69. The molecule has 0 saturated carbocycles. The highest BCUT2D eigenvalue weighted by molar-refractivity contribution is 5.38. The number of nitrogens with zero attached hydrogens (tertiary/aromatic N) is 4. The van der Waals surface area contributed by atoms with Crippen LogP contribution < -0.4 is 0 Å². The Bertz CT molecular complexity index is 517. The summed E-state index contributed by atoms with van der Waals surface area (Å²) in [4.78, 5) is 0. The minimum Gasteiger partial charge on any atom is -0.220 e. The zero-order valence-corrected chi connectivity index (χ0v) is 9.25. The molecule has 0 aliphatic rings. The smallest absolute Gasteiger partial charge is 0.0991 e. The Morgan fingerprint density at radius 2 is 1.94 bits per heavy atom. The maximum Gasteiger partial charge on any atom is 0.0991 e. The lowest BCUT2D eigenvalue weighted by Crippen LogP contribution is -1.94. The van der Waals surface area contributed by atoms with Gasteiger partial charge in [0.15, 0.2) is 0 Å². The van der Waals surface area contributed by atoms with Crippen molar-refractivity contribution in [2.24, 2.45) is 0 Å². The van der Waals surface area contributed by atoms with Crippen LogP contribution in [0, 0.1) is 11.3 Å². The molecule has 0 aliphatic carbocycles. The summed E-state index contributed by atoms with van der Waals surface area (Å²) >= 11 is 0. The molecule has 0 N–H and O–H groups in total. The molecule has 16 heavy (non-hydrogen) atoms. The summed E-state index contributed by atoms with van der Waals surface area (Å²) in [7, 11) is 0. The summed E-state index contributed by atoms with van der Waals surface area (Å²) in [5.74, 6) is 0.368. The predicted molar refractivity (Wildman–Crippen MR) is 60.2 cm³/mol. The van der Waals surface area contributed by atoms with Crippen LogP contribution in [0.15, 0.2) is 30.5 Å². The predicted octanol–water partition coefficient (Wildman–Crippen LogP) is 2.26. The first-order chi connectivity index (χ1) is 7.70. The van der Waals surface area contributed by atoms with Crippen LogP contribution in [0.3, 0.4) is 0 Å². The first-order valence-electron chi connectivity index (χ1n) is 5.13. The van der Waals surface area contributed by atoms with E-state index in [-0.39, 0.29) is 0 Å². The van der Waals surface area contributed by atoms with E-state index in [0.29, 0.717) is 11.5 Å². The molecule has 4 heteroatoms. The van der Waals surface area contributed by atoms with Crippen LogP contribution in [-0.2, 0) is 0 Å². The summed E-state index contributed by atoms with van der Waals surface area (Å²) in [6, 6.07) is 9.34. The molecule has 1 aromatic heterocycles. The van der Waals surface area contributed by atoms with Crippen LogP contribution in [0.2, 0.25) is 0 Å². The average molecular weight is 212 g/mol. The van der Waals surface area contributed by atoms with Gasteiger partial charge in [-0.3, -0.25) is 0 Å². The van der Waals surface area contributed by atoms with E-state index >= 15 is 0 Å². The van der Waals surface area contributed by atoms with Crippen LogP contribution in [0.4, 0.5) is 0 Å². The van der Waals surface area contributed by atoms with E-state index < -0.39 is 0 Å². The van der Waals surface area contributed by atoms with Crippen molar-refractivity contribution in [1.29, 1.82) is 5.26 Å². The Hall–Kier alpha value is -2.15. The SMILES string of the molecule is CC(C)c1cn(-c2ccc(C#N)cc2)nn1. The Labute approximate surface area is 94.1 Å². The minimum atomic E-state index is 0.368. The first kappa shape index (κ1) is 10.4. The third kappa shape index (κ3) is 1.94. The van der Waals surface area contributed by atoms with E-state index in [2.05, 4.69) is 30.2 Å². The molecule has 4 nitrogen and oxygen atoms in total. The molecule has 0 unspecified atom stereocenters. The van der Waals surface area contributed by atoms with Crippen LogP contribution in [0.1, 0.15) is 31.0 Å². The van der Waals surface area contributed by atoms with E-state index in [1.807, 2.05) is 18.3 Å². The van der Waals surface area contributed by atoms with E-state index in [1.54, 1.807) is 16.8 Å². The molecule has 1 aromatic carbocycles. The number of aromatic nitrogens is 3. The van der Waals surface area contributed by atoms with Crippen LogP contribution in [0.5, 0.6) is 0 Å². The van der Waals surface area contributed by atoms with Gasteiger partial charge in [-0.15, -0.1) is 5.10 Å². The molecule has 1 heterocycles. The van der Waals surface area contributed by atoms with Gasteiger partial charge in [0, 0.05) is 0 Å². The molecule has 0 saturated heterocycles. The van der Waals surface area contributed by atoms with Gasteiger partial charge < -0.3 is 0 Å². The van der Waals surface area contributed by atoms with Gasteiger partial charge in [0.05, 0.1) is 29.2 Å². The molecule has 2 aromatic rings. The molecule has 80 valence electrons. The highest BCUT2D eigenvalue weighted by Gasteiger charge is 2.05. The zero-order chi connectivity index (χ0) is 11.5. The molecule has 0 fully saturated rings. The Kier molecular flexibility index (Phi) is 2.69. The van der Waals surface area contributed by atoms with Crippen molar-refractivity contribution in [2.45, 2.75) is 19.8 Å². The molecule has 0 bridgehead atoms. The van der Waals surface area contributed by atoms with Crippen molar-refractivity contribution in [2.75, 3.05) is 0 Å². The molecule has 0 radical (unpaired) electrons. The second-order valence-corrected chi connectivity index (χ2v) is 3.90. The molecular weight excluding hydrogens is 200 g/mol. The largest absolute Gasteiger partial charge is 0.220 e. The van der Waals surface area contributed by atoms with E-state index in [1.165, 1.54) is 0 Å². The third-order valence-corrected chi connectivity index (χ3v) is 2.36. The summed E-state index contributed by atoms with van der Waals surface area (Å²) in [5.41, 5.74) is 2.52. The zero-order valence-electron chi connectivity index (χ0n) is 9.25. The van der Waals surface area contributed by atoms with Crippen molar-refractivity contribution < 1.29 is 0 Å². The molecule has 0 aliphatic heterocycles. The Balaban J connectivity index is 2.32. The quantitative estimate of drug-likeness (QED) is 0.767. The summed E-state index contributed by atoms with van der Waals surface area (Å²) < 4.78 is 1.72. The molecule has 0 atom stereocenters. The lowest BCUT2D eigenvalue weighted by molar-refractivity contribution is 0.776. The van der Waals surface area contributed by atoms with E-state index in [0.717, 1.165) is 11.4 Å². The van der Waals surface area contributed by atoms with E-state index in [9.17, 15) is 0 Å². The second-order valence-electron chi connectivity index (χ2n) is 3.90.